The second-order valence-electron chi connectivity index (χ2n) is 5.24. The molecule has 0 radical (unpaired) electrons. The van der Waals surface area contributed by atoms with Gasteiger partial charge in [-0.2, -0.15) is 0 Å². The molecule has 1 fully saturated rings. The highest BCUT2D eigenvalue weighted by Gasteiger charge is 2.31. The van der Waals surface area contributed by atoms with Gasteiger partial charge in [0.1, 0.15) is 15.7 Å². The van der Waals surface area contributed by atoms with Crippen molar-refractivity contribution in [3.05, 3.63) is 23.4 Å². The molecule has 1 aromatic rings. The van der Waals surface area contributed by atoms with E-state index >= 15 is 0 Å². The highest BCUT2D eigenvalue weighted by Crippen LogP contribution is 2.38. The molecule has 0 saturated heterocycles. The number of aryl methyl sites for hydroxylation is 1. The maximum absolute atomic E-state index is 11.7. The van der Waals surface area contributed by atoms with Crippen LogP contribution in [0.5, 0.6) is 0 Å². The van der Waals surface area contributed by atoms with Crippen LogP contribution in [0.15, 0.2) is 12.3 Å². The smallest absolute Gasteiger partial charge is 0.150 e. The Morgan fingerprint density at radius 2 is 2.11 bits per heavy atom. The van der Waals surface area contributed by atoms with Crippen molar-refractivity contribution in [2.24, 2.45) is 0 Å². The van der Waals surface area contributed by atoms with Crippen LogP contribution in [0.2, 0.25) is 0 Å². The van der Waals surface area contributed by atoms with Crippen LogP contribution in [-0.4, -0.2) is 24.9 Å². The van der Waals surface area contributed by atoms with Gasteiger partial charge in [0.25, 0.3) is 0 Å². The molecule has 0 amide bonds. The average Bonchev–Trinajstić information content (AvgIpc) is 2.28. The largest absolute Gasteiger partial charge is 0.383 e. The summed E-state index contributed by atoms with van der Waals surface area (Å²) in [6.07, 6.45) is 6.42. The van der Waals surface area contributed by atoms with Crippen molar-refractivity contribution in [2.75, 3.05) is 12.0 Å². The summed E-state index contributed by atoms with van der Waals surface area (Å²) in [5, 5.41) is -0.227. The lowest BCUT2D eigenvalue weighted by Crippen LogP contribution is -2.27. The van der Waals surface area contributed by atoms with Gasteiger partial charge >= 0.3 is 0 Å². The van der Waals surface area contributed by atoms with E-state index in [2.05, 4.69) is 4.98 Å². The molecule has 18 heavy (non-hydrogen) atoms. The number of hydrogen-bond donors (Lipinski definition) is 1. The van der Waals surface area contributed by atoms with E-state index in [0.29, 0.717) is 12.2 Å². The summed E-state index contributed by atoms with van der Waals surface area (Å²) in [6.45, 7) is 2.01. The van der Waals surface area contributed by atoms with E-state index in [-0.39, 0.29) is 11.2 Å². The molecular formula is C13H20N2O2S. The number of aromatic nitrogens is 1. The Morgan fingerprint density at radius 3 is 2.72 bits per heavy atom. The van der Waals surface area contributed by atoms with Crippen LogP contribution in [0.25, 0.3) is 0 Å². The molecule has 1 aliphatic carbocycles. The minimum absolute atomic E-state index is 0.227. The first-order chi connectivity index (χ1) is 8.39. The summed E-state index contributed by atoms with van der Waals surface area (Å²) in [6, 6.07) is 1.94. The summed E-state index contributed by atoms with van der Waals surface area (Å²) in [4.78, 5) is 4.13. The topological polar surface area (TPSA) is 73.0 Å². The first kappa shape index (κ1) is 13.3. The van der Waals surface area contributed by atoms with E-state index in [9.17, 15) is 8.42 Å². The van der Waals surface area contributed by atoms with Gasteiger partial charge in [0.2, 0.25) is 0 Å². The van der Waals surface area contributed by atoms with Gasteiger partial charge in [0.05, 0.1) is 5.25 Å². The fourth-order valence-corrected chi connectivity index (χ4v) is 4.09. The molecule has 0 spiro atoms. The average molecular weight is 268 g/mol. The Kier molecular flexibility index (Phi) is 3.61. The molecule has 1 aliphatic rings. The van der Waals surface area contributed by atoms with Crippen molar-refractivity contribution in [3.63, 3.8) is 0 Å². The highest BCUT2D eigenvalue weighted by atomic mass is 32.2. The first-order valence-electron chi connectivity index (χ1n) is 6.29. The van der Waals surface area contributed by atoms with E-state index in [4.69, 9.17) is 5.73 Å². The molecule has 0 bridgehead atoms. The maximum Gasteiger partial charge on any atom is 0.150 e. The van der Waals surface area contributed by atoms with Gasteiger partial charge in [0, 0.05) is 18.0 Å². The molecular weight excluding hydrogens is 248 g/mol. The molecule has 5 heteroatoms. The number of rotatable bonds is 2. The predicted octanol–water partition coefficient (Wildman–Crippen LogP) is 2.04. The highest BCUT2D eigenvalue weighted by molar-refractivity contribution is 7.91. The van der Waals surface area contributed by atoms with E-state index < -0.39 is 9.84 Å². The third-order valence-corrected chi connectivity index (χ3v) is 5.52. The number of pyridine rings is 1. The predicted molar refractivity (Wildman–Crippen MR) is 73.2 cm³/mol. The van der Waals surface area contributed by atoms with Gasteiger partial charge in [-0.1, -0.05) is 6.42 Å². The van der Waals surface area contributed by atoms with Crippen LogP contribution in [0, 0.1) is 6.92 Å². The van der Waals surface area contributed by atoms with Gasteiger partial charge < -0.3 is 5.73 Å². The minimum Gasteiger partial charge on any atom is -0.383 e. The van der Waals surface area contributed by atoms with Crippen molar-refractivity contribution in [1.29, 1.82) is 0 Å². The van der Waals surface area contributed by atoms with E-state index in [1.807, 2.05) is 13.0 Å². The lowest BCUT2D eigenvalue weighted by Gasteiger charge is -2.29. The van der Waals surface area contributed by atoms with E-state index in [1.54, 1.807) is 6.20 Å². The van der Waals surface area contributed by atoms with Crippen LogP contribution in [0.1, 0.15) is 42.7 Å². The van der Waals surface area contributed by atoms with Crippen molar-refractivity contribution < 1.29 is 8.42 Å². The maximum atomic E-state index is 11.7. The summed E-state index contributed by atoms with van der Waals surface area (Å²) in [7, 11) is -2.95. The van der Waals surface area contributed by atoms with Gasteiger partial charge in [-0.3, -0.25) is 0 Å². The molecule has 0 aromatic carbocycles. The summed E-state index contributed by atoms with van der Waals surface area (Å²) >= 11 is 0. The Hall–Kier alpha value is -1.10. The van der Waals surface area contributed by atoms with Crippen molar-refractivity contribution in [3.8, 4) is 0 Å². The number of hydrogen-bond acceptors (Lipinski definition) is 4. The number of nitrogen functional groups attached to an aromatic ring is 1. The molecule has 1 aromatic heterocycles. The van der Waals surface area contributed by atoms with Crippen LogP contribution < -0.4 is 5.73 Å². The lowest BCUT2D eigenvalue weighted by atomic mass is 9.82. The summed E-state index contributed by atoms with van der Waals surface area (Å²) < 4.78 is 23.4. The van der Waals surface area contributed by atoms with Crippen LogP contribution in [0.3, 0.4) is 0 Å². The van der Waals surface area contributed by atoms with Crippen LogP contribution in [-0.2, 0) is 9.84 Å². The third kappa shape index (κ3) is 2.66. The van der Waals surface area contributed by atoms with Crippen LogP contribution in [0.4, 0.5) is 5.82 Å². The first-order valence-corrected chi connectivity index (χ1v) is 8.25. The summed E-state index contributed by atoms with van der Waals surface area (Å²) in [5.74, 6) is 0.779. The Balaban J connectivity index is 2.29. The molecule has 0 aliphatic heterocycles. The zero-order valence-corrected chi connectivity index (χ0v) is 11.7. The van der Waals surface area contributed by atoms with Gasteiger partial charge in [-0.15, -0.1) is 0 Å². The normalized spacial score (nSPS) is 25.0. The molecule has 2 rings (SSSR count). The number of anilines is 1. The molecule has 4 nitrogen and oxygen atoms in total. The molecule has 2 unspecified atom stereocenters. The second-order valence-corrected chi connectivity index (χ2v) is 7.57. The molecule has 2 atom stereocenters. The van der Waals surface area contributed by atoms with Crippen molar-refractivity contribution in [1.82, 2.24) is 4.98 Å². The molecule has 100 valence electrons. The number of nitrogens with zero attached hydrogens (tertiary/aromatic N) is 1. The molecule has 1 heterocycles. The van der Waals surface area contributed by atoms with Gasteiger partial charge in [-0.25, -0.2) is 13.4 Å². The van der Waals surface area contributed by atoms with Crippen molar-refractivity contribution in [2.45, 2.75) is 43.8 Å². The lowest BCUT2D eigenvalue weighted by molar-refractivity contribution is 0.435. The SMILES string of the molecule is Cc1ccnc(N)c1C1CCCC(S(C)(=O)=O)C1. The Bertz CT molecular complexity index is 520. The van der Waals surface area contributed by atoms with Crippen LogP contribution >= 0.6 is 0 Å². The molecule has 2 N–H and O–H groups in total. The third-order valence-electron chi connectivity index (χ3n) is 3.88. The Morgan fingerprint density at radius 1 is 1.39 bits per heavy atom. The zero-order valence-electron chi connectivity index (χ0n) is 10.9. The number of nitrogens with two attached hydrogens (primary N) is 1. The molecule has 1 saturated carbocycles. The zero-order chi connectivity index (χ0) is 13.3. The van der Waals surface area contributed by atoms with Crippen molar-refractivity contribution >= 4 is 15.7 Å². The fourth-order valence-electron chi connectivity index (χ4n) is 2.92. The van der Waals surface area contributed by atoms with Gasteiger partial charge in [-0.05, 0) is 43.7 Å². The minimum atomic E-state index is -2.95. The quantitative estimate of drug-likeness (QED) is 0.891. The monoisotopic (exact) mass is 268 g/mol. The Labute approximate surface area is 109 Å². The van der Waals surface area contributed by atoms with Gasteiger partial charge in [0.15, 0.2) is 0 Å². The number of sulfone groups is 1. The second kappa shape index (κ2) is 4.88. The van der Waals surface area contributed by atoms with E-state index in [1.165, 1.54) is 6.26 Å². The standard InChI is InChI=1S/C13H20N2O2S/c1-9-6-7-15-13(14)12(9)10-4-3-5-11(8-10)18(2,16)17/h6-7,10-11H,3-5,8H2,1-2H3,(H2,14,15). The fraction of sp³-hybridized carbons (Fsp3) is 0.615. The summed E-state index contributed by atoms with van der Waals surface area (Å²) in [5.41, 5.74) is 8.11. The van der Waals surface area contributed by atoms with E-state index in [0.717, 1.165) is 30.4 Å².